The monoisotopic (exact) mass is 220 g/mol. The Morgan fingerprint density at radius 1 is 1.19 bits per heavy atom. The van der Waals surface area contributed by atoms with Gasteiger partial charge in [0, 0.05) is 6.42 Å². The minimum atomic E-state index is -0.581. The van der Waals surface area contributed by atoms with E-state index < -0.39 is 11.9 Å². The maximum absolute atomic E-state index is 11.5. The van der Waals surface area contributed by atoms with E-state index in [-0.39, 0.29) is 6.42 Å². The van der Waals surface area contributed by atoms with Crippen LogP contribution in [0.2, 0.25) is 0 Å². The van der Waals surface area contributed by atoms with E-state index in [4.69, 9.17) is 0 Å². The van der Waals surface area contributed by atoms with Crippen LogP contribution in [0.3, 0.4) is 0 Å². The molecule has 0 unspecified atom stereocenters. The van der Waals surface area contributed by atoms with Crippen molar-refractivity contribution in [3.63, 3.8) is 0 Å². The molecule has 0 saturated carbocycles. The fraction of sp³-hybridized carbons (Fsp3) is 0.385. The van der Waals surface area contributed by atoms with Crippen molar-refractivity contribution < 1.29 is 14.3 Å². The Morgan fingerprint density at radius 2 is 1.75 bits per heavy atom. The Morgan fingerprint density at radius 3 is 2.19 bits per heavy atom. The van der Waals surface area contributed by atoms with Gasteiger partial charge in [-0.2, -0.15) is 0 Å². The molecular formula is C13H16O3. The van der Waals surface area contributed by atoms with E-state index in [1.54, 1.807) is 19.1 Å². The molecule has 0 aliphatic heterocycles. The van der Waals surface area contributed by atoms with Crippen molar-refractivity contribution in [2.24, 2.45) is 0 Å². The highest BCUT2D eigenvalue weighted by molar-refractivity contribution is 5.96. The molecule has 0 bridgehead atoms. The Balaban J connectivity index is 2.74. The zero-order valence-corrected chi connectivity index (χ0v) is 9.82. The molecule has 0 aliphatic carbocycles. The van der Waals surface area contributed by atoms with Crippen LogP contribution in [0, 0.1) is 0 Å². The molecule has 0 radical (unpaired) electrons. The second-order valence-electron chi connectivity index (χ2n) is 3.89. The Kier molecular flexibility index (Phi) is 4.23. The molecule has 1 aromatic rings. The lowest BCUT2D eigenvalue weighted by Crippen LogP contribution is -2.11. The van der Waals surface area contributed by atoms with Crippen LogP contribution in [0.5, 0.6) is 0 Å². The van der Waals surface area contributed by atoms with E-state index in [2.05, 4.69) is 18.6 Å². The molecule has 1 aromatic carbocycles. The molecule has 0 amide bonds. The van der Waals surface area contributed by atoms with Crippen molar-refractivity contribution in [3.05, 3.63) is 35.4 Å². The van der Waals surface area contributed by atoms with Gasteiger partial charge in [0.1, 0.15) is 0 Å². The second-order valence-corrected chi connectivity index (χ2v) is 3.89. The number of hydrogen-bond donors (Lipinski definition) is 0. The Hall–Kier alpha value is -1.64. The van der Waals surface area contributed by atoms with Crippen molar-refractivity contribution in [3.8, 4) is 0 Å². The molecule has 0 fully saturated rings. The summed E-state index contributed by atoms with van der Waals surface area (Å²) in [7, 11) is 0. The summed E-state index contributed by atoms with van der Waals surface area (Å²) in [6.45, 7) is 5.80. The lowest BCUT2D eigenvalue weighted by atomic mass is 10.0. The van der Waals surface area contributed by atoms with Gasteiger partial charge in [-0.3, -0.25) is 4.79 Å². The Labute approximate surface area is 95.4 Å². The molecule has 0 heterocycles. The highest BCUT2D eigenvalue weighted by Crippen LogP contribution is 2.15. The molecule has 0 atom stereocenters. The average Bonchev–Trinajstić information content (AvgIpc) is 2.28. The predicted octanol–water partition coefficient (Wildman–Crippen LogP) is 2.90. The summed E-state index contributed by atoms with van der Waals surface area (Å²) in [6.07, 6.45) is 0.204. The smallest absolute Gasteiger partial charge is 0.345 e. The van der Waals surface area contributed by atoms with E-state index in [9.17, 15) is 9.59 Å². The number of hydrogen-bond acceptors (Lipinski definition) is 3. The van der Waals surface area contributed by atoms with E-state index in [0.717, 1.165) is 5.56 Å². The lowest BCUT2D eigenvalue weighted by Gasteiger charge is -2.06. The first-order valence-electron chi connectivity index (χ1n) is 5.39. The molecule has 3 heteroatoms. The summed E-state index contributed by atoms with van der Waals surface area (Å²) in [5.41, 5.74) is 1.56. The third-order valence-corrected chi connectivity index (χ3v) is 2.31. The quantitative estimate of drug-likeness (QED) is 0.581. The number of ether oxygens (including phenoxy) is 1. The van der Waals surface area contributed by atoms with Crippen LogP contribution >= 0.6 is 0 Å². The van der Waals surface area contributed by atoms with Crippen LogP contribution in [-0.4, -0.2) is 11.9 Å². The topological polar surface area (TPSA) is 43.4 Å². The van der Waals surface area contributed by atoms with Gasteiger partial charge >= 0.3 is 11.9 Å². The molecule has 0 aromatic heterocycles. The Bertz CT molecular complexity index is 377. The van der Waals surface area contributed by atoms with Gasteiger partial charge in [-0.05, 0) is 23.6 Å². The molecule has 16 heavy (non-hydrogen) atoms. The van der Waals surface area contributed by atoms with Crippen molar-refractivity contribution in [1.82, 2.24) is 0 Å². The summed E-state index contributed by atoms with van der Waals surface area (Å²) in [4.78, 5) is 22.4. The number of rotatable bonds is 3. The van der Waals surface area contributed by atoms with Gasteiger partial charge in [0.15, 0.2) is 0 Å². The summed E-state index contributed by atoms with van der Waals surface area (Å²) in [5, 5.41) is 0. The third kappa shape index (κ3) is 3.19. The van der Waals surface area contributed by atoms with Crippen molar-refractivity contribution in [2.45, 2.75) is 33.1 Å². The molecule has 0 aliphatic rings. The number of carbonyl (C=O) groups excluding carboxylic acids is 2. The summed E-state index contributed by atoms with van der Waals surface area (Å²) in [5.74, 6) is -0.664. The molecule has 0 N–H and O–H groups in total. The molecule has 0 spiro atoms. The largest absolute Gasteiger partial charge is 0.389 e. The molecule has 86 valence electrons. The summed E-state index contributed by atoms with van der Waals surface area (Å²) in [6, 6.07) is 7.11. The second kappa shape index (κ2) is 5.45. The molecule has 0 saturated heterocycles. The van der Waals surface area contributed by atoms with Gasteiger partial charge in [0.25, 0.3) is 0 Å². The van der Waals surface area contributed by atoms with Crippen LogP contribution in [0.25, 0.3) is 0 Å². The fourth-order valence-corrected chi connectivity index (χ4v) is 1.24. The van der Waals surface area contributed by atoms with E-state index >= 15 is 0 Å². The van der Waals surface area contributed by atoms with E-state index in [0.29, 0.717) is 11.5 Å². The number of benzene rings is 1. The minimum Gasteiger partial charge on any atom is -0.389 e. The van der Waals surface area contributed by atoms with E-state index in [1.165, 1.54) is 0 Å². The van der Waals surface area contributed by atoms with E-state index in [1.807, 2.05) is 12.1 Å². The van der Waals surface area contributed by atoms with Gasteiger partial charge in [0.05, 0.1) is 5.56 Å². The zero-order chi connectivity index (χ0) is 12.1. The normalized spacial score (nSPS) is 10.2. The number of carbonyl (C=O) groups is 2. The highest BCUT2D eigenvalue weighted by atomic mass is 16.6. The van der Waals surface area contributed by atoms with Gasteiger partial charge in [-0.1, -0.05) is 32.9 Å². The van der Waals surface area contributed by atoms with Crippen LogP contribution < -0.4 is 0 Å². The van der Waals surface area contributed by atoms with Crippen molar-refractivity contribution in [1.29, 1.82) is 0 Å². The predicted molar refractivity (Wildman–Crippen MR) is 61.2 cm³/mol. The third-order valence-electron chi connectivity index (χ3n) is 2.31. The first-order chi connectivity index (χ1) is 7.54. The van der Waals surface area contributed by atoms with Crippen molar-refractivity contribution in [2.75, 3.05) is 0 Å². The number of esters is 2. The SMILES string of the molecule is CCC(=O)OC(=O)c1ccc(C(C)C)cc1. The van der Waals surface area contributed by atoms with Crippen LogP contribution in [0.15, 0.2) is 24.3 Å². The standard InChI is InChI=1S/C13H16O3/c1-4-12(14)16-13(15)11-7-5-10(6-8-11)9(2)3/h5-9H,4H2,1-3H3. The average molecular weight is 220 g/mol. The summed E-state index contributed by atoms with van der Waals surface area (Å²) < 4.78 is 4.61. The lowest BCUT2D eigenvalue weighted by molar-refractivity contribution is -0.137. The van der Waals surface area contributed by atoms with Crippen LogP contribution in [-0.2, 0) is 9.53 Å². The molecule has 1 rings (SSSR count). The summed E-state index contributed by atoms with van der Waals surface area (Å²) >= 11 is 0. The van der Waals surface area contributed by atoms with Gasteiger partial charge in [-0.15, -0.1) is 0 Å². The van der Waals surface area contributed by atoms with Crippen LogP contribution in [0.1, 0.15) is 49.0 Å². The fourth-order valence-electron chi connectivity index (χ4n) is 1.24. The maximum Gasteiger partial charge on any atom is 0.345 e. The molecular weight excluding hydrogens is 204 g/mol. The van der Waals surface area contributed by atoms with Gasteiger partial charge in [-0.25, -0.2) is 4.79 Å². The van der Waals surface area contributed by atoms with Gasteiger partial charge in [0.2, 0.25) is 0 Å². The molecule has 3 nitrogen and oxygen atoms in total. The highest BCUT2D eigenvalue weighted by Gasteiger charge is 2.11. The maximum atomic E-state index is 11.5. The van der Waals surface area contributed by atoms with Crippen molar-refractivity contribution >= 4 is 11.9 Å². The van der Waals surface area contributed by atoms with Crippen LogP contribution in [0.4, 0.5) is 0 Å². The first kappa shape index (κ1) is 12.4. The first-order valence-corrected chi connectivity index (χ1v) is 5.39. The minimum absolute atomic E-state index is 0.204. The van der Waals surface area contributed by atoms with Gasteiger partial charge < -0.3 is 4.74 Å². The zero-order valence-electron chi connectivity index (χ0n) is 9.82.